The first-order valence-electron chi connectivity index (χ1n) is 4.26. The highest BCUT2D eigenvalue weighted by atomic mass is 15.2. The minimum absolute atomic E-state index is 0.583. The van der Waals surface area contributed by atoms with Crippen LogP contribution >= 0.6 is 0 Å². The third kappa shape index (κ3) is 1.18. The average Bonchev–Trinajstić information content (AvgIpc) is 2.25. The Labute approximate surface area is 71.7 Å². The number of nitrogens with zero attached hydrogens (tertiary/aromatic N) is 1. The Morgan fingerprint density at radius 3 is 2.58 bits per heavy atom. The van der Waals surface area contributed by atoms with Crippen LogP contribution in [0.1, 0.15) is 11.4 Å². The summed E-state index contributed by atoms with van der Waals surface area (Å²) in [5.41, 5.74) is 3.35. The molecule has 1 aliphatic heterocycles. The summed E-state index contributed by atoms with van der Waals surface area (Å²) >= 11 is 0. The van der Waals surface area contributed by atoms with Crippen molar-refractivity contribution >= 4 is 5.69 Å². The predicted molar refractivity (Wildman–Crippen MR) is 48.3 cm³/mol. The van der Waals surface area contributed by atoms with Crippen LogP contribution in [0.15, 0.2) is 0 Å². The van der Waals surface area contributed by atoms with Crippen molar-refractivity contribution < 1.29 is 0 Å². The van der Waals surface area contributed by atoms with Gasteiger partial charge in [0.25, 0.3) is 0 Å². The summed E-state index contributed by atoms with van der Waals surface area (Å²) in [4.78, 5) is 0. The quantitative estimate of drug-likeness (QED) is 0.596. The third-order valence-electron chi connectivity index (χ3n) is 2.26. The van der Waals surface area contributed by atoms with Gasteiger partial charge in [-0.05, 0) is 13.8 Å². The molecule has 3 N–H and O–H groups in total. The molecule has 0 atom stereocenters. The molecule has 1 aromatic rings. The lowest BCUT2D eigenvalue weighted by molar-refractivity contribution is 0.472. The number of hydrogen-bond acceptors (Lipinski definition) is 3. The maximum atomic E-state index is 4.12. The van der Waals surface area contributed by atoms with Crippen molar-refractivity contribution in [1.82, 2.24) is 15.5 Å². The van der Waals surface area contributed by atoms with E-state index in [0.717, 1.165) is 24.5 Å². The molecule has 1 aromatic heterocycles. The van der Waals surface area contributed by atoms with E-state index < -0.39 is 0 Å². The van der Waals surface area contributed by atoms with E-state index in [4.69, 9.17) is 0 Å². The van der Waals surface area contributed by atoms with E-state index in [0.29, 0.717) is 6.04 Å². The van der Waals surface area contributed by atoms with Crippen LogP contribution in [0.2, 0.25) is 0 Å². The Morgan fingerprint density at radius 1 is 1.42 bits per heavy atom. The highest BCUT2D eigenvalue weighted by Gasteiger charge is 2.18. The Balaban J connectivity index is 2.10. The van der Waals surface area contributed by atoms with Gasteiger partial charge in [-0.25, -0.2) is 0 Å². The Morgan fingerprint density at radius 2 is 2.17 bits per heavy atom. The molecule has 2 heterocycles. The SMILES string of the molecule is Cc1n[nH]c(C)c1NC1CNC1. The van der Waals surface area contributed by atoms with E-state index in [9.17, 15) is 0 Å². The van der Waals surface area contributed by atoms with Crippen LogP contribution in [0.4, 0.5) is 5.69 Å². The monoisotopic (exact) mass is 166 g/mol. The highest BCUT2D eigenvalue weighted by molar-refractivity contribution is 5.52. The van der Waals surface area contributed by atoms with Crippen molar-refractivity contribution in [3.8, 4) is 0 Å². The fourth-order valence-corrected chi connectivity index (χ4v) is 1.36. The minimum Gasteiger partial charge on any atom is -0.377 e. The molecular formula is C8H14N4. The van der Waals surface area contributed by atoms with E-state index in [-0.39, 0.29) is 0 Å². The molecule has 0 spiro atoms. The molecule has 4 nitrogen and oxygen atoms in total. The number of nitrogens with one attached hydrogen (secondary N) is 3. The van der Waals surface area contributed by atoms with Crippen LogP contribution in [0.5, 0.6) is 0 Å². The van der Waals surface area contributed by atoms with Gasteiger partial charge in [-0.2, -0.15) is 5.10 Å². The Hall–Kier alpha value is -1.03. The maximum absolute atomic E-state index is 4.12. The number of hydrogen-bond donors (Lipinski definition) is 3. The molecule has 0 amide bonds. The molecule has 1 saturated heterocycles. The standard InChI is InChI=1S/C8H14N4/c1-5-8(6(2)12-11-5)10-7-3-9-4-7/h7,9-10H,3-4H2,1-2H3,(H,11,12). The van der Waals surface area contributed by atoms with Crippen LogP contribution < -0.4 is 10.6 Å². The lowest BCUT2D eigenvalue weighted by Crippen LogP contribution is -2.51. The zero-order valence-corrected chi connectivity index (χ0v) is 7.44. The van der Waals surface area contributed by atoms with E-state index >= 15 is 0 Å². The van der Waals surface area contributed by atoms with Crippen LogP contribution in [-0.4, -0.2) is 29.3 Å². The van der Waals surface area contributed by atoms with Crippen LogP contribution in [0.25, 0.3) is 0 Å². The predicted octanol–water partition coefficient (Wildman–Crippen LogP) is 0.410. The topological polar surface area (TPSA) is 52.7 Å². The first kappa shape index (κ1) is 7.61. The van der Waals surface area contributed by atoms with Crippen molar-refractivity contribution in [2.75, 3.05) is 18.4 Å². The van der Waals surface area contributed by atoms with E-state index in [1.165, 1.54) is 5.69 Å². The number of aromatic nitrogens is 2. The van der Waals surface area contributed by atoms with E-state index in [1.54, 1.807) is 0 Å². The van der Waals surface area contributed by atoms with Gasteiger partial charge in [-0.1, -0.05) is 0 Å². The number of H-pyrrole nitrogens is 1. The van der Waals surface area contributed by atoms with Crippen molar-refractivity contribution in [1.29, 1.82) is 0 Å². The third-order valence-corrected chi connectivity index (χ3v) is 2.26. The van der Waals surface area contributed by atoms with Crippen molar-refractivity contribution in [2.24, 2.45) is 0 Å². The van der Waals surface area contributed by atoms with Crippen molar-refractivity contribution in [3.05, 3.63) is 11.4 Å². The fraction of sp³-hybridized carbons (Fsp3) is 0.625. The number of aryl methyl sites for hydroxylation is 2. The van der Waals surface area contributed by atoms with Crippen LogP contribution in [-0.2, 0) is 0 Å². The first-order chi connectivity index (χ1) is 5.77. The minimum atomic E-state index is 0.583. The van der Waals surface area contributed by atoms with Gasteiger partial charge < -0.3 is 10.6 Å². The Bertz CT molecular complexity index is 255. The summed E-state index contributed by atoms with van der Waals surface area (Å²) < 4.78 is 0. The van der Waals surface area contributed by atoms with Gasteiger partial charge in [0.2, 0.25) is 0 Å². The van der Waals surface area contributed by atoms with E-state index in [1.807, 2.05) is 13.8 Å². The number of rotatable bonds is 2. The summed E-state index contributed by atoms with van der Waals surface area (Å²) in [5, 5.41) is 13.7. The zero-order valence-electron chi connectivity index (χ0n) is 7.44. The first-order valence-corrected chi connectivity index (χ1v) is 4.26. The zero-order chi connectivity index (χ0) is 8.55. The molecule has 1 fully saturated rings. The van der Waals surface area contributed by atoms with Gasteiger partial charge in [0.05, 0.1) is 23.1 Å². The van der Waals surface area contributed by atoms with Gasteiger partial charge in [0, 0.05) is 13.1 Å². The Kier molecular flexibility index (Phi) is 1.77. The average molecular weight is 166 g/mol. The second-order valence-corrected chi connectivity index (χ2v) is 3.31. The van der Waals surface area contributed by atoms with E-state index in [2.05, 4.69) is 20.8 Å². The molecule has 0 saturated carbocycles. The molecule has 2 rings (SSSR count). The largest absolute Gasteiger partial charge is 0.377 e. The lowest BCUT2D eigenvalue weighted by Gasteiger charge is -2.28. The molecule has 0 radical (unpaired) electrons. The summed E-state index contributed by atoms with van der Waals surface area (Å²) in [6.45, 7) is 6.17. The van der Waals surface area contributed by atoms with Gasteiger partial charge in [0.1, 0.15) is 0 Å². The summed E-state index contributed by atoms with van der Waals surface area (Å²) in [6.07, 6.45) is 0. The fourth-order valence-electron chi connectivity index (χ4n) is 1.36. The molecule has 66 valence electrons. The van der Waals surface area contributed by atoms with Gasteiger partial charge in [-0.15, -0.1) is 0 Å². The van der Waals surface area contributed by atoms with Gasteiger partial charge >= 0.3 is 0 Å². The smallest absolute Gasteiger partial charge is 0.0825 e. The summed E-state index contributed by atoms with van der Waals surface area (Å²) in [7, 11) is 0. The van der Waals surface area contributed by atoms with Gasteiger partial charge in [0.15, 0.2) is 0 Å². The molecule has 4 heteroatoms. The summed E-state index contributed by atoms with van der Waals surface area (Å²) in [5.74, 6) is 0. The molecule has 1 aliphatic rings. The molecule has 0 unspecified atom stereocenters. The molecule has 0 bridgehead atoms. The molecule has 12 heavy (non-hydrogen) atoms. The second kappa shape index (κ2) is 2.79. The number of anilines is 1. The van der Waals surface area contributed by atoms with Crippen LogP contribution in [0, 0.1) is 13.8 Å². The van der Waals surface area contributed by atoms with Crippen molar-refractivity contribution in [2.45, 2.75) is 19.9 Å². The molecule has 0 aromatic carbocycles. The summed E-state index contributed by atoms with van der Waals surface area (Å²) in [6, 6.07) is 0.583. The maximum Gasteiger partial charge on any atom is 0.0825 e. The molecule has 0 aliphatic carbocycles. The normalized spacial score (nSPS) is 17.5. The van der Waals surface area contributed by atoms with Crippen molar-refractivity contribution in [3.63, 3.8) is 0 Å². The molecular weight excluding hydrogens is 152 g/mol. The lowest BCUT2D eigenvalue weighted by atomic mass is 10.1. The number of aromatic amines is 1. The highest BCUT2D eigenvalue weighted by Crippen LogP contribution is 2.17. The van der Waals surface area contributed by atoms with Gasteiger partial charge in [-0.3, -0.25) is 5.10 Å². The second-order valence-electron chi connectivity index (χ2n) is 3.31. The van der Waals surface area contributed by atoms with Crippen LogP contribution in [0.3, 0.4) is 0 Å².